The molecule has 96 valence electrons. The molecular formula is C15H21N3. The van der Waals surface area contributed by atoms with Crippen LogP contribution in [0, 0.1) is 0 Å². The zero-order valence-corrected chi connectivity index (χ0v) is 11.2. The van der Waals surface area contributed by atoms with E-state index < -0.39 is 0 Å². The van der Waals surface area contributed by atoms with E-state index in [2.05, 4.69) is 59.3 Å². The van der Waals surface area contributed by atoms with Crippen LogP contribution in [0.15, 0.2) is 30.5 Å². The molecule has 1 aromatic carbocycles. The predicted octanol–water partition coefficient (Wildman–Crippen LogP) is 1.97. The molecule has 3 heteroatoms. The van der Waals surface area contributed by atoms with E-state index in [-0.39, 0.29) is 0 Å². The second-order valence-electron chi connectivity index (χ2n) is 5.41. The lowest BCUT2D eigenvalue weighted by Crippen LogP contribution is -2.30. The summed E-state index contributed by atoms with van der Waals surface area (Å²) in [5, 5.41) is 5.05. The summed E-state index contributed by atoms with van der Waals surface area (Å²) in [6.45, 7) is 3.36. The van der Waals surface area contributed by atoms with Crippen molar-refractivity contribution < 1.29 is 0 Å². The third-order valence-electron chi connectivity index (χ3n) is 3.95. The number of hydrogen-bond donors (Lipinski definition) is 1. The number of nitrogens with zero attached hydrogens (tertiary/aromatic N) is 2. The van der Waals surface area contributed by atoms with Gasteiger partial charge in [0.15, 0.2) is 0 Å². The molecule has 1 atom stereocenters. The highest BCUT2D eigenvalue weighted by Crippen LogP contribution is 2.20. The van der Waals surface area contributed by atoms with Crippen LogP contribution < -0.4 is 5.32 Å². The van der Waals surface area contributed by atoms with E-state index in [4.69, 9.17) is 0 Å². The van der Waals surface area contributed by atoms with Gasteiger partial charge in [0.05, 0.1) is 0 Å². The van der Waals surface area contributed by atoms with Gasteiger partial charge in [0.1, 0.15) is 0 Å². The van der Waals surface area contributed by atoms with Gasteiger partial charge in [-0.25, -0.2) is 0 Å². The number of para-hydroxylation sites is 1. The lowest BCUT2D eigenvalue weighted by Gasteiger charge is -2.12. The van der Waals surface area contributed by atoms with Crippen molar-refractivity contribution in [2.45, 2.75) is 19.0 Å². The van der Waals surface area contributed by atoms with Crippen molar-refractivity contribution in [3.05, 3.63) is 36.0 Å². The summed E-state index contributed by atoms with van der Waals surface area (Å²) < 4.78 is 2.22. The number of aromatic nitrogens is 1. The molecule has 1 unspecified atom stereocenters. The topological polar surface area (TPSA) is 20.2 Å². The van der Waals surface area contributed by atoms with E-state index in [1.54, 1.807) is 0 Å². The zero-order valence-electron chi connectivity index (χ0n) is 11.2. The highest BCUT2D eigenvalue weighted by atomic mass is 15.2. The molecule has 1 fully saturated rings. The number of aryl methyl sites for hydroxylation is 1. The molecule has 0 aliphatic carbocycles. The molecule has 1 N–H and O–H groups in total. The summed E-state index contributed by atoms with van der Waals surface area (Å²) in [5.74, 6) is 0. The van der Waals surface area contributed by atoms with Gasteiger partial charge < -0.3 is 14.8 Å². The van der Waals surface area contributed by atoms with Crippen LogP contribution in [0.3, 0.4) is 0 Å². The van der Waals surface area contributed by atoms with Gasteiger partial charge in [-0.2, -0.15) is 0 Å². The summed E-state index contributed by atoms with van der Waals surface area (Å²) in [7, 11) is 4.31. The van der Waals surface area contributed by atoms with Gasteiger partial charge in [-0.1, -0.05) is 18.2 Å². The Hall–Kier alpha value is -1.32. The summed E-state index contributed by atoms with van der Waals surface area (Å²) in [6.07, 6.45) is 3.51. The number of benzene rings is 1. The van der Waals surface area contributed by atoms with Crippen molar-refractivity contribution in [1.29, 1.82) is 0 Å². The van der Waals surface area contributed by atoms with Crippen molar-refractivity contribution in [2.24, 2.45) is 7.05 Å². The molecule has 0 saturated carbocycles. The molecule has 0 radical (unpaired) electrons. The van der Waals surface area contributed by atoms with Crippen molar-refractivity contribution in [1.82, 2.24) is 14.8 Å². The molecule has 0 spiro atoms. The molecule has 1 saturated heterocycles. The normalized spacial score (nSPS) is 20.9. The van der Waals surface area contributed by atoms with Crippen molar-refractivity contribution >= 4 is 10.9 Å². The summed E-state index contributed by atoms with van der Waals surface area (Å²) >= 11 is 0. The van der Waals surface area contributed by atoms with Crippen LogP contribution in [0.2, 0.25) is 0 Å². The maximum Gasteiger partial charge on any atom is 0.0481 e. The Morgan fingerprint density at radius 2 is 2.11 bits per heavy atom. The molecule has 1 aliphatic heterocycles. The van der Waals surface area contributed by atoms with Crippen LogP contribution in [-0.4, -0.2) is 35.6 Å². The average molecular weight is 243 g/mol. The molecule has 1 aromatic heterocycles. The maximum atomic E-state index is 3.68. The minimum atomic E-state index is 0.647. The van der Waals surface area contributed by atoms with E-state index in [9.17, 15) is 0 Å². The molecule has 2 aromatic rings. The van der Waals surface area contributed by atoms with Gasteiger partial charge in [-0.15, -0.1) is 0 Å². The fourth-order valence-electron chi connectivity index (χ4n) is 2.92. The van der Waals surface area contributed by atoms with Crippen LogP contribution in [0.1, 0.15) is 12.0 Å². The maximum absolute atomic E-state index is 3.68. The number of hydrogen-bond acceptors (Lipinski definition) is 2. The zero-order chi connectivity index (χ0) is 12.5. The lowest BCUT2D eigenvalue weighted by atomic mass is 10.1. The van der Waals surface area contributed by atoms with Gasteiger partial charge in [0.25, 0.3) is 0 Å². The second kappa shape index (κ2) is 4.75. The Morgan fingerprint density at radius 3 is 2.89 bits per heavy atom. The van der Waals surface area contributed by atoms with E-state index in [0.29, 0.717) is 6.04 Å². The van der Waals surface area contributed by atoms with Crippen molar-refractivity contribution in [3.8, 4) is 0 Å². The molecule has 2 heterocycles. The average Bonchev–Trinajstić information content (AvgIpc) is 2.92. The smallest absolute Gasteiger partial charge is 0.0481 e. The Morgan fingerprint density at radius 1 is 1.28 bits per heavy atom. The van der Waals surface area contributed by atoms with Crippen molar-refractivity contribution in [3.63, 3.8) is 0 Å². The first-order chi connectivity index (χ1) is 8.74. The first-order valence-corrected chi connectivity index (χ1v) is 6.69. The first-order valence-electron chi connectivity index (χ1n) is 6.69. The number of likely N-dealkylation sites (N-methyl/N-ethyl adjacent to an activating group) is 1. The number of nitrogens with one attached hydrogen (secondary N) is 1. The van der Waals surface area contributed by atoms with E-state index in [1.165, 1.54) is 36.0 Å². The standard InChI is InChI=1S/C15H21N3/c1-17-8-7-13(11-17)16-9-12-10-18(2)15-6-4-3-5-14(12)15/h3-6,10,13,16H,7-9,11H2,1-2H3. The second-order valence-corrected chi connectivity index (χ2v) is 5.41. The van der Waals surface area contributed by atoms with Gasteiger partial charge in [0, 0.05) is 43.3 Å². The van der Waals surface area contributed by atoms with E-state index in [1.807, 2.05) is 0 Å². The Bertz CT molecular complexity index is 544. The highest BCUT2D eigenvalue weighted by molar-refractivity contribution is 5.83. The van der Waals surface area contributed by atoms with Crippen molar-refractivity contribution in [2.75, 3.05) is 20.1 Å². The Balaban J connectivity index is 1.75. The Labute approximate surface area is 108 Å². The summed E-state index contributed by atoms with van der Waals surface area (Å²) in [4.78, 5) is 2.39. The minimum absolute atomic E-state index is 0.647. The summed E-state index contributed by atoms with van der Waals surface area (Å²) in [5.41, 5.74) is 2.72. The van der Waals surface area contributed by atoms with E-state index >= 15 is 0 Å². The van der Waals surface area contributed by atoms with Crippen LogP contribution >= 0.6 is 0 Å². The third kappa shape index (κ3) is 2.16. The van der Waals surface area contributed by atoms with Gasteiger partial charge >= 0.3 is 0 Å². The molecule has 3 nitrogen and oxygen atoms in total. The van der Waals surface area contributed by atoms with Gasteiger partial charge in [-0.05, 0) is 31.6 Å². The SMILES string of the molecule is CN1CCC(NCc2cn(C)c3ccccc23)C1. The monoisotopic (exact) mass is 243 g/mol. The van der Waals surface area contributed by atoms with Crippen LogP contribution in [0.25, 0.3) is 10.9 Å². The first kappa shape index (κ1) is 11.8. The molecular weight excluding hydrogens is 222 g/mol. The molecule has 0 bridgehead atoms. The number of likely N-dealkylation sites (tertiary alicyclic amines) is 1. The number of rotatable bonds is 3. The molecule has 18 heavy (non-hydrogen) atoms. The van der Waals surface area contributed by atoms with Crippen LogP contribution in [-0.2, 0) is 13.6 Å². The minimum Gasteiger partial charge on any atom is -0.350 e. The van der Waals surface area contributed by atoms with Gasteiger partial charge in [0.2, 0.25) is 0 Å². The largest absolute Gasteiger partial charge is 0.350 e. The third-order valence-corrected chi connectivity index (χ3v) is 3.95. The fourth-order valence-corrected chi connectivity index (χ4v) is 2.92. The van der Waals surface area contributed by atoms with Crippen LogP contribution in [0.4, 0.5) is 0 Å². The number of fused-ring (bicyclic) bond motifs is 1. The predicted molar refractivity (Wildman–Crippen MR) is 75.7 cm³/mol. The summed E-state index contributed by atoms with van der Waals surface area (Å²) in [6, 6.07) is 9.27. The van der Waals surface area contributed by atoms with E-state index in [0.717, 1.165) is 6.54 Å². The highest BCUT2D eigenvalue weighted by Gasteiger charge is 2.18. The molecule has 3 rings (SSSR count). The Kier molecular flexibility index (Phi) is 3.10. The molecule has 1 aliphatic rings. The van der Waals surface area contributed by atoms with Gasteiger partial charge in [-0.3, -0.25) is 0 Å². The lowest BCUT2D eigenvalue weighted by molar-refractivity contribution is 0.398. The van der Waals surface area contributed by atoms with Crippen LogP contribution in [0.5, 0.6) is 0 Å². The molecule has 0 amide bonds. The quantitative estimate of drug-likeness (QED) is 0.889. The fraction of sp³-hybridized carbons (Fsp3) is 0.467.